The van der Waals surface area contributed by atoms with E-state index >= 15 is 0 Å². The molecule has 1 N–H and O–H groups in total. The Morgan fingerprint density at radius 3 is 2.44 bits per heavy atom. The minimum absolute atomic E-state index is 0.0228. The highest BCUT2D eigenvalue weighted by Gasteiger charge is 2.32. The van der Waals surface area contributed by atoms with E-state index in [9.17, 15) is 22.4 Å². The van der Waals surface area contributed by atoms with Crippen LogP contribution >= 0.6 is 0 Å². The van der Waals surface area contributed by atoms with E-state index in [-0.39, 0.29) is 30.5 Å². The number of hydrogen-bond donors (Lipinski definition) is 1. The van der Waals surface area contributed by atoms with E-state index in [0.29, 0.717) is 32.1 Å². The first kappa shape index (κ1) is 24.3. The molecule has 1 aliphatic carbocycles. The molecule has 1 aromatic carbocycles. The smallest absolute Gasteiger partial charge is 0.367 e. The number of piperazine rings is 1. The van der Waals surface area contributed by atoms with Crippen molar-refractivity contribution in [3.8, 4) is 6.07 Å². The number of amides is 1. The molecule has 0 unspecified atom stereocenters. The van der Waals surface area contributed by atoms with Crippen LogP contribution in [0.3, 0.4) is 0 Å². The fraction of sp³-hybridized carbons (Fsp3) is 0.652. The number of carbonyl (C=O) groups is 1. The number of nitrogens with one attached hydrogen (secondary N) is 1. The van der Waals surface area contributed by atoms with E-state index in [1.807, 2.05) is 6.07 Å². The van der Waals surface area contributed by atoms with Crippen molar-refractivity contribution in [3.05, 3.63) is 29.6 Å². The number of rotatable bonds is 7. The SMILES string of the molecule is N#CCCC(=O)N[C@H]1CC[C@H](CCN2CCN(c3cc(C(F)(F)F)ccc3F)CC2)CC1. The molecule has 5 nitrogen and oxygen atoms in total. The van der Waals surface area contributed by atoms with Crippen LogP contribution in [0.2, 0.25) is 0 Å². The first-order valence-electron chi connectivity index (χ1n) is 11.3. The van der Waals surface area contributed by atoms with Gasteiger partial charge in [0.15, 0.2) is 0 Å². The van der Waals surface area contributed by atoms with Gasteiger partial charge in [-0.05, 0) is 62.8 Å². The maximum absolute atomic E-state index is 14.1. The topological polar surface area (TPSA) is 59.4 Å². The Bertz CT molecular complexity index is 807. The van der Waals surface area contributed by atoms with Crippen LogP contribution in [-0.2, 0) is 11.0 Å². The Balaban J connectivity index is 1.39. The van der Waals surface area contributed by atoms with Gasteiger partial charge in [0.2, 0.25) is 5.91 Å². The molecule has 1 heterocycles. The van der Waals surface area contributed by atoms with E-state index in [4.69, 9.17) is 5.26 Å². The monoisotopic (exact) mass is 454 g/mol. The summed E-state index contributed by atoms with van der Waals surface area (Å²) in [7, 11) is 0. The number of benzene rings is 1. The molecule has 2 fully saturated rings. The molecule has 1 amide bonds. The van der Waals surface area contributed by atoms with Gasteiger partial charge in [-0.3, -0.25) is 9.69 Å². The van der Waals surface area contributed by atoms with Gasteiger partial charge in [-0.2, -0.15) is 18.4 Å². The van der Waals surface area contributed by atoms with E-state index in [1.54, 1.807) is 4.90 Å². The number of halogens is 4. The van der Waals surface area contributed by atoms with Crippen molar-refractivity contribution >= 4 is 11.6 Å². The molecule has 3 rings (SSSR count). The number of hydrogen-bond acceptors (Lipinski definition) is 4. The molecule has 1 saturated heterocycles. The average Bonchev–Trinajstić information content (AvgIpc) is 2.77. The van der Waals surface area contributed by atoms with Gasteiger partial charge in [-0.1, -0.05) is 0 Å². The minimum Gasteiger partial charge on any atom is -0.367 e. The third-order valence-electron chi connectivity index (χ3n) is 6.52. The molecule has 0 aromatic heterocycles. The number of alkyl halides is 3. The largest absolute Gasteiger partial charge is 0.416 e. The molecule has 0 radical (unpaired) electrons. The summed E-state index contributed by atoms with van der Waals surface area (Å²) in [6, 6.07) is 4.76. The molecular formula is C23H30F4N4O. The molecule has 2 aliphatic rings. The predicted molar refractivity (Wildman–Crippen MR) is 113 cm³/mol. The molecule has 0 spiro atoms. The van der Waals surface area contributed by atoms with E-state index in [1.165, 1.54) is 0 Å². The molecular weight excluding hydrogens is 424 g/mol. The van der Waals surface area contributed by atoms with Crippen LogP contribution in [0.15, 0.2) is 18.2 Å². The van der Waals surface area contributed by atoms with Gasteiger partial charge in [-0.25, -0.2) is 4.39 Å². The summed E-state index contributed by atoms with van der Waals surface area (Å²) in [4.78, 5) is 15.7. The summed E-state index contributed by atoms with van der Waals surface area (Å²) in [5.41, 5.74) is -0.803. The van der Waals surface area contributed by atoms with Crippen LogP contribution in [0.25, 0.3) is 0 Å². The van der Waals surface area contributed by atoms with Crippen LogP contribution < -0.4 is 10.2 Å². The van der Waals surface area contributed by atoms with Gasteiger partial charge >= 0.3 is 6.18 Å². The van der Waals surface area contributed by atoms with Crippen molar-refractivity contribution in [1.82, 2.24) is 10.2 Å². The fourth-order valence-electron chi connectivity index (χ4n) is 4.57. The summed E-state index contributed by atoms with van der Waals surface area (Å²) in [5, 5.41) is 11.6. The summed E-state index contributed by atoms with van der Waals surface area (Å²) in [6.45, 7) is 3.31. The summed E-state index contributed by atoms with van der Waals surface area (Å²) in [5.74, 6) is -0.0748. The summed E-state index contributed by atoms with van der Waals surface area (Å²) >= 11 is 0. The lowest BCUT2D eigenvalue weighted by molar-refractivity contribution is -0.137. The third-order valence-corrected chi connectivity index (χ3v) is 6.52. The molecule has 1 aliphatic heterocycles. The van der Waals surface area contributed by atoms with Crippen LogP contribution in [-0.4, -0.2) is 49.6 Å². The second-order valence-corrected chi connectivity index (χ2v) is 8.72. The maximum Gasteiger partial charge on any atom is 0.416 e. The highest BCUT2D eigenvalue weighted by Crippen LogP contribution is 2.33. The number of nitriles is 1. The average molecular weight is 455 g/mol. The van der Waals surface area contributed by atoms with Crippen LogP contribution in [0.5, 0.6) is 0 Å². The van der Waals surface area contributed by atoms with E-state index in [2.05, 4.69) is 10.2 Å². The predicted octanol–water partition coefficient (Wildman–Crippen LogP) is 4.34. The lowest BCUT2D eigenvalue weighted by atomic mass is 9.84. The molecule has 0 bridgehead atoms. The molecule has 176 valence electrons. The molecule has 32 heavy (non-hydrogen) atoms. The summed E-state index contributed by atoms with van der Waals surface area (Å²) in [6.07, 6.45) is 1.08. The zero-order chi connectivity index (χ0) is 23.1. The van der Waals surface area contributed by atoms with E-state index in [0.717, 1.165) is 56.8 Å². The first-order chi connectivity index (χ1) is 15.3. The lowest BCUT2D eigenvalue weighted by Gasteiger charge is -2.37. The number of carbonyl (C=O) groups excluding carboxylic acids is 1. The van der Waals surface area contributed by atoms with Gasteiger partial charge in [0, 0.05) is 45.1 Å². The van der Waals surface area contributed by atoms with Crippen LogP contribution in [0.4, 0.5) is 23.2 Å². The van der Waals surface area contributed by atoms with Crippen molar-refractivity contribution in [2.45, 2.75) is 57.2 Å². The first-order valence-corrected chi connectivity index (χ1v) is 11.3. The Hall–Kier alpha value is -2.34. The van der Waals surface area contributed by atoms with Gasteiger partial charge in [0.1, 0.15) is 5.82 Å². The van der Waals surface area contributed by atoms with Crippen molar-refractivity contribution < 1.29 is 22.4 Å². The standard InChI is InChI=1S/C23H30F4N4O/c24-20-8-5-18(23(25,26)27)16-21(20)31-14-12-30(13-15-31)11-9-17-3-6-19(7-4-17)29-22(32)2-1-10-28/h5,8,16-17,19H,1-4,6-7,9,11-15H2,(H,29,32)/t17-,19-. The summed E-state index contributed by atoms with van der Waals surface area (Å²) < 4.78 is 53.0. The second kappa shape index (κ2) is 11.0. The van der Waals surface area contributed by atoms with Crippen LogP contribution in [0, 0.1) is 23.1 Å². The van der Waals surface area contributed by atoms with Crippen molar-refractivity contribution in [2.75, 3.05) is 37.6 Å². The van der Waals surface area contributed by atoms with Crippen molar-refractivity contribution in [1.29, 1.82) is 5.26 Å². The molecule has 0 atom stereocenters. The van der Waals surface area contributed by atoms with Crippen molar-refractivity contribution in [2.24, 2.45) is 5.92 Å². The highest BCUT2D eigenvalue weighted by atomic mass is 19.4. The van der Waals surface area contributed by atoms with Crippen molar-refractivity contribution in [3.63, 3.8) is 0 Å². The quantitative estimate of drug-likeness (QED) is 0.623. The Kier molecular flexibility index (Phi) is 8.35. The van der Waals surface area contributed by atoms with Gasteiger partial charge in [0.25, 0.3) is 0 Å². The zero-order valence-electron chi connectivity index (χ0n) is 18.1. The Labute approximate surface area is 186 Å². The highest BCUT2D eigenvalue weighted by molar-refractivity contribution is 5.76. The van der Waals surface area contributed by atoms with Crippen LogP contribution in [0.1, 0.15) is 50.5 Å². The molecule has 1 saturated carbocycles. The fourth-order valence-corrected chi connectivity index (χ4v) is 4.57. The van der Waals surface area contributed by atoms with Gasteiger partial charge in [-0.15, -0.1) is 0 Å². The Morgan fingerprint density at radius 1 is 1.12 bits per heavy atom. The van der Waals surface area contributed by atoms with Gasteiger partial charge < -0.3 is 10.2 Å². The number of anilines is 1. The zero-order valence-corrected chi connectivity index (χ0v) is 18.1. The lowest BCUT2D eigenvalue weighted by Crippen LogP contribution is -2.47. The third kappa shape index (κ3) is 6.83. The maximum atomic E-state index is 14.1. The van der Waals surface area contributed by atoms with Gasteiger partial charge in [0.05, 0.1) is 17.3 Å². The second-order valence-electron chi connectivity index (χ2n) is 8.72. The molecule has 9 heteroatoms. The Morgan fingerprint density at radius 2 is 1.81 bits per heavy atom. The molecule has 1 aromatic rings. The van der Waals surface area contributed by atoms with E-state index < -0.39 is 17.6 Å². The normalized spacial score (nSPS) is 22.4. The number of nitrogens with zero attached hydrogens (tertiary/aromatic N) is 3. The minimum atomic E-state index is -4.48.